The smallest absolute Gasteiger partial charge is 0.220 e. The SMILES string of the molecule is O=C1CCC(NC2CCOC2)CCN1. The van der Waals surface area contributed by atoms with Gasteiger partial charge < -0.3 is 15.4 Å². The Bertz CT molecular complexity index is 202. The molecule has 4 heteroatoms. The Kier molecular flexibility index (Phi) is 3.37. The zero-order valence-corrected chi connectivity index (χ0v) is 8.42. The number of hydrogen-bond acceptors (Lipinski definition) is 3. The van der Waals surface area contributed by atoms with E-state index < -0.39 is 0 Å². The first kappa shape index (κ1) is 9.93. The van der Waals surface area contributed by atoms with Crippen molar-refractivity contribution in [2.45, 2.75) is 37.8 Å². The molecule has 0 aromatic rings. The van der Waals surface area contributed by atoms with Crippen LogP contribution in [-0.2, 0) is 9.53 Å². The third-order valence-electron chi connectivity index (χ3n) is 2.94. The van der Waals surface area contributed by atoms with Gasteiger partial charge in [0.05, 0.1) is 6.61 Å². The van der Waals surface area contributed by atoms with Crippen molar-refractivity contribution in [3.05, 3.63) is 0 Å². The topological polar surface area (TPSA) is 50.4 Å². The molecule has 2 rings (SSSR count). The van der Waals surface area contributed by atoms with Crippen LogP contribution >= 0.6 is 0 Å². The molecule has 0 spiro atoms. The van der Waals surface area contributed by atoms with Crippen LogP contribution in [0.4, 0.5) is 0 Å². The van der Waals surface area contributed by atoms with Gasteiger partial charge in [0.25, 0.3) is 0 Å². The Labute approximate surface area is 84.4 Å². The van der Waals surface area contributed by atoms with Gasteiger partial charge >= 0.3 is 0 Å². The van der Waals surface area contributed by atoms with Crippen LogP contribution in [0.5, 0.6) is 0 Å². The number of rotatable bonds is 2. The van der Waals surface area contributed by atoms with Crippen LogP contribution in [-0.4, -0.2) is 37.7 Å². The molecule has 2 N–H and O–H groups in total. The largest absolute Gasteiger partial charge is 0.380 e. The quantitative estimate of drug-likeness (QED) is 0.658. The normalized spacial score (nSPS) is 33.9. The minimum absolute atomic E-state index is 0.192. The fraction of sp³-hybridized carbons (Fsp3) is 0.900. The highest BCUT2D eigenvalue weighted by atomic mass is 16.5. The number of carbonyl (C=O) groups excluding carboxylic acids is 1. The van der Waals surface area contributed by atoms with Crippen LogP contribution in [0.15, 0.2) is 0 Å². The van der Waals surface area contributed by atoms with Gasteiger partial charge in [-0.05, 0) is 19.3 Å². The molecular formula is C10H18N2O2. The average molecular weight is 198 g/mol. The lowest BCUT2D eigenvalue weighted by Gasteiger charge is -2.19. The molecule has 80 valence electrons. The number of carbonyl (C=O) groups is 1. The van der Waals surface area contributed by atoms with Gasteiger partial charge in [-0.3, -0.25) is 4.79 Å². The molecule has 2 aliphatic rings. The summed E-state index contributed by atoms with van der Waals surface area (Å²) < 4.78 is 5.31. The van der Waals surface area contributed by atoms with Gasteiger partial charge in [-0.2, -0.15) is 0 Å². The number of ether oxygens (including phenoxy) is 1. The Morgan fingerprint density at radius 3 is 3.00 bits per heavy atom. The van der Waals surface area contributed by atoms with Gasteiger partial charge in [-0.25, -0.2) is 0 Å². The van der Waals surface area contributed by atoms with Crippen molar-refractivity contribution in [2.24, 2.45) is 0 Å². The molecule has 14 heavy (non-hydrogen) atoms. The second-order valence-electron chi connectivity index (χ2n) is 4.10. The van der Waals surface area contributed by atoms with Crippen LogP contribution in [0, 0.1) is 0 Å². The van der Waals surface area contributed by atoms with Gasteiger partial charge in [-0.15, -0.1) is 0 Å². The van der Waals surface area contributed by atoms with Crippen molar-refractivity contribution in [3.8, 4) is 0 Å². The number of amides is 1. The van der Waals surface area contributed by atoms with E-state index in [0.717, 1.165) is 39.0 Å². The van der Waals surface area contributed by atoms with E-state index in [1.807, 2.05) is 0 Å². The molecular weight excluding hydrogens is 180 g/mol. The molecule has 0 radical (unpaired) electrons. The van der Waals surface area contributed by atoms with Crippen LogP contribution in [0.2, 0.25) is 0 Å². The van der Waals surface area contributed by atoms with Crippen LogP contribution in [0.1, 0.15) is 25.7 Å². The Morgan fingerprint density at radius 2 is 2.21 bits per heavy atom. The lowest BCUT2D eigenvalue weighted by atomic mass is 10.1. The predicted octanol–water partition coefficient (Wildman–Crippen LogP) is 0.0336. The van der Waals surface area contributed by atoms with E-state index in [0.29, 0.717) is 18.5 Å². The van der Waals surface area contributed by atoms with E-state index in [4.69, 9.17) is 4.74 Å². The molecule has 2 heterocycles. The van der Waals surface area contributed by atoms with E-state index in [1.165, 1.54) is 0 Å². The maximum absolute atomic E-state index is 11.1. The third-order valence-corrected chi connectivity index (χ3v) is 2.94. The highest BCUT2D eigenvalue weighted by molar-refractivity contribution is 5.76. The molecule has 0 bridgehead atoms. The van der Waals surface area contributed by atoms with Crippen molar-refractivity contribution in [1.29, 1.82) is 0 Å². The van der Waals surface area contributed by atoms with Gasteiger partial charge in [0.15, 0.2) is 0 Å². The van der Waals surface area contributed by atoms with Crippen LogP contribution < -0.4 is 10.6 Å². The second kappa shape index (κ2) is 4.75. The fourth-order valence-electron chi connectivity index (χ4n) is 2.09. The van der Waals surface area contributed by atoms with Gasteiger partial charge in [-0.1, -0.05) is 0 Å². The molecule has 1 amide bonds. The minimum atomic E-state index is 0.192. The molecule has 2 saturated heterocycles. The second-order valence-corrected chi connectivity index (χ2v) is 4.10. The monoisotopic (exact) mass is 198 g/mol. The average Bonchev–Trinajstić information content (AvgIpc) is 2.58. The van der Waals surface area contributed by atoms with Crippen molar-refractivity contribution < 1.29 is 9.53 Å². The molecule has 0 aromatic carbocycles. The highest BCUT2D eigenvalue weighted by Crippen LogP contribution is 2.10. The summed E-state index contributed by atoms with van der Waals surface area (Å²) in [6.07, 6.45) is 3.77. The Hall–Kier alpha value is -0.610. The van der Waals surface area contributed by atoms with E-state index in [9.17, 15) is 4.79 Å². The molecule has 0 aromatic heterocycles. The van der Waals surface area contributed by atoms with Gasteiger partial charge in [0, 0.05) is 31.7 Å². The number of nitrogens with one attached hydrogen (secondary N) is 2. The summed E-state index contributed by atoms with van der Waals surface area (Å²) in [6, 6.07) is 0.994. The van der Waals surface area contributed by atoms with E-state index in [-0.39, 0.29) is 5.91 Å². The van der Waals surface area contributed by atoms with E-state index >= 15 is 0 Å². The first-order valence-corrected chi connectivity index (χ1v) is 5.45. The first-order valence-electron chi connectivity index (χ1n) is 5.45. The fourth-order valence-corrected chi connectivity index (χ4v) is 2.09. The maximum Gasteiger partial charge on any atom is 0.220 e. The summed E-state index contributed by atoms with van der Waals surface area (Å²) >= 11 is 0. The molecule has 0 saturated carbocycles. The Balaban J connectivity index is 1.76. The number of hydrogen-bond donors (Lipinski definition) is 2. The van der Waals surface area contributed by atoms with E-state index in [1.54, 1.807) is 0 Å². The third kappa shape index (κ3) is 2.69. The van der Waals surface area contributed by atoms with Crippen molar-refractivity contribution in [1.82, 2.24) is 10.6 Å². The van der Waals surface area contributed by atoms with Crippen molar-refractivity contribution in [2.75, 3.05) is 19.8 Å². The summed E-state index contributed by atoms with van der Waals surface area (Å²) in [7, 11) is 0. The molecule has 0 aliphatic carbocycles. The molecule has 2 fully saturated rings. The van der Waals surface area contributed by atoms with Crippen molar-refractivity contribution >= 4 is 5.91 Å². The van der Waals surface area contributed by atoms with Gasteiger partial charge in [0.2, 0.25) is 5.91 Å². The summed E-state index contributed by atoms with van der Waals surface area (Å²) in [4.78, 5) is 11.1. The van der Waals surface area contributed by atoms with Gasteiger partial charge in [0.1, 0.15) is 0 Å². The summed E-state index contributed by atoms with van der Waals surface area (Å²) in [5, 5.41) is 6.45. The summed E-state index contributed by atoms with van der Waals surface area (Å²) in [5.41, 5.74) is 0. The summed E-state index contributed by atoms with van der Waals surface area (Å²) in [5.74, 6) is 0.192. The standard InChI is InChI=1S/C10H18N2O2/c13-10-2-1-8(3-5-11-10)12-9-4-6-14-7-9/h8-9,12H,1-7H2,(H,11,13). The van der Waals surface area contributed by atoms with Crippen molar-refractivity contribution in [3.63, 3.8) is 0 Å². The summed E-state index contributed by atoms with van der Waals surface area (Å²) in [6.45, 7) is 2.52. The lowest BCUT2D eigenvalue weighted by molar-refractivity contribution is -0.120. The van der Waals surface area contributed by atoms with E-state index in [2.05, 4.69) is 10.6 Å². The molecule has 2 atom stereocenters. The predicted molar refractivity (Wildman–Crippen MR) is 53.0 cm³/mol. The van der Waals surface area contributed by atoms with Crippen LogP contribution in [0.25, 0.3) is 0 Å². The minimum Gasteiger partial charge on any atom is -0.380 e. The highest BCUT2D eigenvalue weighted by Gasteiger charge is 2.21. The zero-order chi connectivity index (χ0) is 9.80. The maximum atomic E-state index is 11.1. The Morgan fingerprint density at radius 1 is 1.29 bits per heavy atom. The molecule has 2 aliphatic heterocycles. The van der Waals surface area contributed by atoms with Crippen LogP contribution in [0.3, 0.4) is 0 Å². The molecule has 4 nitrogen and oxygen atoms in total. The molecule has 2 unspecified atom stereocenters. The zero-order valence-electron chi connectivity index (χ0n) is 8.42. The first-order chi connectivity index (χ1) is 6.84. The lowest BCUT2D eigenvalue weighted by Crippen LogP contribution is -2.39.